The molecule has 0 aliphatic rings. The van der Waals surface area contributed by atoms with Crippen LogP contribution in [0.5, 0.6) is 0 Å². The maximum atomic E-state index is 12.7. The van der Waals surface area contributed by atoms with E-state index < -0.39 is 19.1 Å². The quantitative estimate of drug-likeness (QED) is 0.315. The predicted molar refractivity (Wildman–Crippen MR) is 67.4 cm³/mol. The lowest BCUT2D eigenvalue weighted by Crippen LogP contribution is -2.37. The first-order valence-electron chi connectivity index (χ1n) is 5.51. The third kappa shape index (κ3) is 6.45. The molecule has 3 N–H and O–H groups in total. The number of hydrogen-bond acceptors (Lipinski definition) is 4. The SMILES string of the molecule is CP(=O)(O)CNCN(O)C(=O)Cc1ccc(F)cc1. The van der Waals surface area contributed by atoms with Crippen LogP contribution in [0.3, 0.4) is 0 Å². The summed E-state index contributed by atoms with van der Waals surface area (Å²) < 4.78 is 23.6. The van der Waals surface area contributed by atoms with E-state index in [2.05, 4.69) is 5.32 Å². The number of carbonyl (C=O) groups excluding carboxylic acids is 1. The molecule has 6 nitrogen and oxygen atoms in total. The molecule has 0 aliphatic heterocycles. The first-order chi connectivity index (χ1) is 8.78. The molecule has 0 aromatic heterocycles. The Bertz CT molecular complexity index is 474. The van der Waals surface area contributed by atoms with Gasteiger partial charge in [0.1, 0.15) is 5.82 Å². The van der Waals surface area contributed by atoms with Gasteiger partial charge in [0.25, 0.3) is 5.91 Å². The molecule has 1 aromatic carbocycles. The first kappa shape index (κ1) is 15.8. The lowest BCUT2D eigenvalue weighted by atomic mass is 10.1. The number of benzene rings is 1. The number of hydroxylamine groups is 2. The molecule has 1 amide bonds. The van der Waals surface area contributed by atoms with Crippen molar-refractivity contribution >= 4 is 13.3 Å². The molecule has 1 atom stereocenters. The van der Waals surface area contributed by atoms with Crippen molar-refractivity contribution in [3.8, 4) is 0 Å². The average Bonchev–Trinajstić information content (AvgIpc) is 2.30. The van der Waals surface area contributed by atoms with E-state index in [4.69, 9.17) is 4.89 Å². The van der Waals surface area contributed by atoms with Crippen LogP contribution in [0.2, 0.25) is 0 Å². The number of halogens is 1. The highest BCUT2D eigenvalue weighted by atomic mass is 31.2. The van der Waals surface area contributed by atoms with Gasteiger partial charge in [-0.15, -0.1) is 0 Å². The van der Waals surface area contributed by atoms with Crippen molar-refractivity contribution in [1.29, 1.82) is 0 Å². The number of rotatable bonds is 6. The summed E-state index contributed by atoms with van der Waals surface area (Å²) in [5.74, 6) is -0.997. The summed E-state index contributed by atoms with van der Waals surface area (Å²) in [5.41, 5.74) is 0.564. The van der Waals surface area contributed by atoms with Gasteiger partial charge < -0.3 is 4.89 Å². The van der Waals surface area contributed by atoms with Crippen LogP contribution in [-0.4, -0.2) is 40.7 Å². The molecule has 1 aromatic rings. The van der Waals surface area contributed by atoms with Crippen molar-refractivity contribution in [3.05, 3.63) is 35.6 Å². The second-order valence-electron chi connectivity index (χ2n) is 4.21. The van der Waals surface area contributed by atoms with Crippen LogP contribution in [0.1, 0.15) is 5.56 Å². The van der Waals surface area contributed by atoms with Gasteiger partial charge >= 0.3 is 0 Å². The smallest absolute Gasteiger partial charge is 0.251 e. The molecule has 1 unspecified atom stereocenters. The molecule has 8 heteroatoms. The zero-order valence-electron chi connectivity index (χ0n) is 10.4. The van der Waals surface area contributed by atoms with E-state index in [9.17, 15) is 19.0 Å². The normalized spacial score (nSPS) is 13.9. The van der Waals surface area contributed by atoms with Crippen molar-refractivity contribution < 1.29 is 23.9 Å². The zero-order valence-corrected chi connectivity index (χ0v) is 11.3. The molecule has 0 saturated heterocycles. The molecular weight excluding hydrogens is 274 g/mol. The van der Waals surface area contributed by atoms with E-state index in [-0.39, 0.29) is 19.4 Å². The fraction of sp³-hybridized carbons (Fsp3) is 0.364. The molecule has 106 valence electrons. The van der Waals surface area contributed by atoms with Gasteiger partial charge in [-0.1, -0.05) is 12.1 Å². The zero-order chi connectivity index (χ0) is 14.5. The van der Waals surface area contributed by atoms with E-state index >= 15 is 0 Å². The molecule has 0 aliphatic carbocycles. The van der Waals surface area contributed by atoms with Crippen LogP contribution in [0.4, 0.5) is 4.39 Å². The minimum Gasteiger partial charge on any atom is -0.344 e. The number of hydrogen-bond donors (Lipinski definition) is 3. The lowest BCUT2D eigenvalue weighted by molar-refractivity contribution is -0.165. The number of amides is 1. The first-order valence-corrected chi connectivity index (χ1v) is 7.81. The fourth-order valence-electron chi connectivity index (χ4n) is 1.32. The molecule has 0 saturated carbocycles. The summed E-state index contributed by atoms with van der Waals surface area (Å²) in [6.45, 7) is 0.917. The summed E-state index contributed by atoms with van der Waals surface area (Å²) in [5, 5.41) is 12.3. The number of carbonyl (C=O) groups is 1. The van der Waals surface area contributed by atoms with E-state index in [1.807, 2.05) is 0 Å². The number of nitrogens with zero attached hydrogens (tertiary/aromatic N) is 1. The maximum Gasteiger partial charge on any atom is 0.251 e. The Morgan fingerprint density at radius 3 is 2.53 bits per heavy atom. The second kappa shape index (κ2) is 6.77. The Balaban J connectivity index is 2.40. The van der Waals surface area contributed by atoms with Crippen LogP contribution < -0.4 is 5.32 Å². The Morgan fingerprint density at radius 1 is 1.42 bits per heavy atom. The summed E-state index contributed by atoms with van der Waals surface area (Å²) in [6.07, 6.45) is -0.282. The predicted octanol–water partition coefficient (Wildman–Crippen LogP) is 0.991. The highest BCUT2D eigenvalue weighted by Gasteiger charge is 2.14. The highest BCUT2D eigenvalue weighted by Crippen LogP contribution is 2.32. The van der Waals surface area contributed by atoms with Crippen LogP contribution in [0.25, 0.3) is 0 Å². The van der Waals surface area contributed by atoms with Gasteiger partial charge in [0.05, 0.1) is 19.4 Å². The minimum absolute atomic E-state index is 0.0820. The van der Waals surface area contributed by atoms with E-state index in [0.29, 0.717) is 10.6 Å². The van der Waals surface area contributed by atoms with Crippen molar-refractivity contribution in [2.45, 2.75) is 6.42 Å². The van der Waals surface area contributed by atoms with Gasteiger partial charge in [0.15, 0.2) is 0 Å². The Hall–Kier alpha value is -1.27. The molecule has 0 spiro atoms. The minimum atomic E-state index is -3.23. The largest absolute Gasteiger partial charge is 0.344 e. The monoisotopic (exact) mass is 290 g/mol. The molecule has 0 radical (unpaired) electrons. The topological polar surface area (TPSA) is 89.9 Å². The Morgan fingerprint density at radius 2 is 2.00 bits per heavy atom. The van der Waals surface area contributed by atoms with Gasteiger partial charge in [-0.3, -0.25) is 19.9 Å². The van der Waals surface area contributed by atoms with Crippen LogP contribution >= 0.6 is 7.37 Å². The molecule has 19 heavy (non-hydrogen) atoms. The Labute approximate surface area is 110 Å². The fourth-order valence-corrected chi connectivity index (χ4v) is 1.83. The molecule has 0 bridgehead atoms. The summed E-state index contributed by atoms with van der Waals surface area (Å²) in [4.78, 5) is 20.6. The van der Waals surface area contributed by atoms with E-state index in [1.165, 1.54) is 30.9 Å². The van der Waals surface area contributed by atoms with Crippen molar-refractivity contribution in [1.82, 2.24) is 10.4 Å². The van der Waals surface area contributed by atoms with Gasteiger partial charge in [0.2, 0.25) is 7.37 Å². The molecular formula is C11H16FN2O4P. The van der Waals surface area contributed by atoms with Gasteiger partial charge in [-0.25, -0.2) is 9.45 Å². The molecule has 0 heterocycles. The van der Waals surface area contributed by atoms with Gasteiger partial charge in [0, 0.05) is 6.66 Å². The maximum absolute atomic E-state index is 12.7. The summed E-state index contributed by atoms with van der Waals surface area (Å²) >= 11 is 0. The second-order valence-corrected chi connectivity index (χ2v) is 6.63. The van der Waals surface area contributed by atoms with Gasteiger partial charge in [-0.05, 0) is 17.7 Å². The van der Waals surface area contributed by atoms with Crippen LogP contribution in [-0.2, 0) is 15.8 Å². The van der Waals surface area contributed by atoms with Gasteiger partial charge in [-0.2, -0.15) is 0 Å². The molecule has 1 rings (SSSR count). The summed E-state index contributed by atoms with van der Waals surface area (Å²) in [7, 11) is -3.23. The van der Waals surface area contributed by atoms with Crippen LogP contribution in [0.15, 0.2) is 24.3 Å². The lowest BCUT2D eigenvalue weighted by Gasteiger charge is -2.16. The Kier molecular flexibility index (Phi) is 5.62. The summed E-state index contributed by atoms with van der Waals surface area (Å²) in [6, 6.07) is 5.34. The van der Waals surface area contributed by atoms with Crippen LogP contribution in [0, 0.1) is 5.82 Å². The average molecular weight is 290 g/mol. The van der Waals surface area contributed by atoms with E-state index in [1.54, 1.807) is 0 Å². The highest BCUT2D eigenvalue weighted by molar-refractivity contribution is 7.57. The van der Waals surface area contributed by atoms with Crippen molar-refractivity contribution in [2.75, 3.05) is 19.6 Å². The van der Waals surface area contributed by atoms with Crippen molar-refractivity contribution in [3.63, 3.8) is 0 Å². The standard InChI is InChI=1S/C11H16FN2O4P/c1-19(17,18)8-13-7-14(16)11(15)6-9-2-4-10(12)5-3-9/h2-5,13,16H,6-8H2,1H3,(H,17,18). The van der Waals surface area contributed by atoms with E-state index in [0.717, 1.165) is 0 Å². The van der Waals surface area contributed by atoms with Crippen molar-refractivity contribution in [2.24, 2.45) is 0 Å². The number of nitrogens with one attached hydrogen (secondary N) is 1. The molecule has 0 fully saturated rings. The third-order valence-corrected chi connectivity index (χ3v) is 3.03. The third-order valence-electron chi connectivity index (χ3n) is 2.22.